The molecule has 0 spiro atoms. The number of nitrogens with zero attached hydrogens (tertiary/aromatic N) is 6. The molecule has 3 aromatic heterocycles. The first-order chi connectivity index (χ1) is 48.3. The van der Waals surface area contributed by atoms with Crippen molar-refractivity contribution in [3.8, 4) is 0 Å². The number of oxime groups is 3. The highest BCUT2D eigenvalue weighted by Gasteiger charge is 2.28. The average molecular weight is 1320 g/mol. The predicted octanol–water partition coefficient (Wildman–Crippen LogP) is 20.8. The van der Waals surface area contributed by atoms with Crippen molar-refractivity contribution in [3.63, 3.8) is 0 Å². The van der Waals surface area contributed by atoms with E-state index in [9.17, 15) is 19.2 Å². The number of hydrogen-bond acceptors (Lipinski definition) is 10. The van der Waals surface area contributed by atoms with Gasteiger partial charge in [-0.2, -0.15) is 0 Å². The van der Waals surface area contributed by atoms with Gasteiger partial charge in [0.25, 0.3) is 0 Å². The highest BCUT2D eigenvalue weighted by molar-refractivity contribution is 6.17. The second kappa shape index (κ2) is 29.4. The van der Waals surface area contributed by atoms with Crippen LogP contribution in [0.3, 0.4) is 0 Å². The van der Waals surface area contributed by atoms with Gasteiger partial charge in [0.05, 0.1) is 22.7 Å². The largest absolute Gasteiger partial charge is 0.365 e. The smallest absolute Gasteiger partial charge is 0.341 e. The zero-order chi connectivity index (χ0) is 68.3. The van der Waals surface area contributed by atoms with Gasteiger partial charge in [0.15, 0.2) is 5.78 Å². The summed E-state index contributed by atoms with van der Waals surface area (Å²) in [5, 5.41) is 20.3. The summed E-state index contributed by atoms with van der Waals surface area (Å²) in [6, 6.07) is 56.8. The molecule has 0 unspecified atom stereocenters. The van der Waals surface area contributed by atoms with Crippen molar-refractivity contribution >= 4 is 106 Å². The Hall–Kier alpha value is -9.75. The third-order valence-corrected chi connectivity index (χ3v) is 22.3. The van der Waals surface area contributed by atoms with Gasteiger partial charge < -0.3 is 28.2 Å². The van der Waals surface area contributed by atoms with Crippen LogP contribution in [0.4, 0.5) is 0 Å². The Balaban J connectivity index is 0.638. The monoisotopic (exact) mass is 1320 g/mol. The van der Waals surface area contributed by atoms with Gasteiger partial charge in [-0.1, -0.05) is 120 Å². The molecule has 3 aliphatic rings. The number of para-hydroxylation sites is 1. The van der Waals surface area contributed by atoms with Crippen LogP contribution >= 0.6 is 0 Å². The van der Waals surface area contributed by atoms with E-state index in [0.717, 1.165) is 170 Å². The molecule has 8 aromatic carbocycles. The standard InChI is InChI=1S/C86H90N6O7/c1-7-90-79-21-14-13-20-70(79)72-49-65(35-44-80(72)90)77(88-98-56(6)94)42-27-59-24-31-61(32-25-59)64-34-40-71-73-50-66(36-45-81(73)92(9-3)84(71)53-64)78(89-99-86(96)62-18-11-10-12-19-62)43-28-58-22-29-60(30-23-58)63-33-39-69(54(4)48-63)85(95)68-38-47-83-75(52-68)74-51-67(37-46-82(74)91(83)8-2)76(87-97-55(5)93)41-26-57-16-15-17-57/h10-14,18-21,33-40,44-53,57-61H,7-9,15-17,22-32,41-43H2,1-6H3. The first-order valence-electron chi connectivity index (χ1n) is 36.4. The maximum Gasteiger partial charge on any atom is 0.365 e. The minimum absolute atomic E-state index is 0.00755. The highest BCUT2D eigenvalue weighted by Crippen LogP contribution is 2.43. The summed E-state index contributed by atoms with van der Waals surface area (Å²) in [5.74, 6) is 1.23. The maximum atomic E-state index is 14.6. The van der Waals surface area contributed by atoms with E-state index in [4.69, 9.17) is 19.7 Å². The van der Waals surface area contributed by atoms with Crippen molar-refractivity contribution in [2.45, 2.75) is 182 Å². The molecule has 11 aromatic rings. The number of hydrogen-bond donors (Lipinski definition) is 0. The molecule has 13 heteroatoms. The molecule has 13 nitrogen and oxygen atoms in total. The number of aryl methyl sites for hydroxylation is 4. The molecule has 3 heterocycles. The lowest BCUT2D eigenvalue weighted by atomic mass is 9.76. The van der Waals surface area contributed by atoms with Gasteiger partial charge in [0.1, 0.15) is 0 Å². The fourth-order valence-corrected chi connectivity index (χ4v) is 16.6. The van der Waals surface area contributed by atoms with Crippen molar-refractivity contribution < 1.29 is 33.7 Å². The Morgan fingerprint density at radius 3 is 1.26 bits per heavy atom. The topological polar surface area (TPSA) is 148 Å². The number of rotatable bonds is 23. The summed E-state index contributed by atoms with van der Waals surface area (Å²) in [4.78, 5) is 68.3. The fraction of sp³-hybridized carbons (Fsp3) is 0.360. The SMILES string of the molecule is CCn1c2ccc(C(=O)c3ccc(C4CCC(CCC(=NOC(=O)c5ccccc5)c5ccc6c(c5)c5ccc(C7CCC(CCC(=NOC(C)=O)c8ccc9c(c8)c8ccccc8n9CC)CC7)cc5n6CC)CC4)cc3C)cc2c2cc(C(CCC3CCC3)=NOC(C)=O)ccc21. The molecule has 3 saturated carbocycles. The summed E-state index contributed by atoms with van der Waals surface area (Å²) in [5.41, 5.74) is 17.7. The van der Waals surface area contributed by atoms with E-state index in [-0.39, 0.29) is 5.78 Å². The summed E-state index contributed by atoms with van der Waals surface area (Å²) in [6.45, 7) is 13.9. The van der Waals surface area contributed by atoms with Gasteiger partial charge in [-0.05, 0) is 243 Å². The van der Waals surface area contributed by atoms with E-state index < -0.39 is 17.9 Å². The Kier molecular flexibility index (Phi) is 19.7. The van der Waals surface area contributed by atoms with E-state index in [2.05, 4.69) is 173 Å². The number of ketones is 1. The van der Waals surface area contributed by atoms with Crippen LogP contribution in [0.1, 0.15) is 215 Å². The van der Waals surface area contributed by atoms with Crippen molar-refractivity contribution in [1.29, 1.82) is 0 Å². The Morgan fingerprint density at radius 2 is 0.788 bits per heavy atom. The van der Waals surface area contributed by atoms with Gasteiger partial charge in [0.2, 0.25) is 0 Å². The number of benzene rings is 8. The van der Waals surface area contributed by atoms with Crippen LogP contribution in [0, 0.1) is 24.7 Å². The van der Waals surface area contributed by atoms with E-state index in [1.807, 2.05) is 30.3 Å². The normalized spacial score (nSPS) is 18.0. The minimum atomic E-state index is -0.478. The van der Waals surface area contributed by atoms with Crippen molar-refractivity contribution in [2.75, 3.05) is 0 Å². The fourth-order valence-electron chi connectivity index (χ4n) is 16.6. The quantitative estimate of drug-likeness (QED) is 0.0268. The molecular formula is C86H90N6O7. The molecule has 0 N–H and O–H groups in total. The lowest BCUT2D eigenvalue weighted by molar-refractivity contribution is -0.141. The molecule has 0 amide bonds. The molecule has 0 radical (unpaired) electrons. The van der Waals surface area contributed by atoms with Gasteiger partial charge in [-0.15, -0.1) is 0 Å². The first-order valence-corrected chi connectivity index (χ1v) is 36.4. The molecular weight excluding hydrogens is 1230 g/mol. The highest BCUT2D eigenvalue weighted by atomic mass is 16.7. The van der Waals surface area contributed by atoms with E-state index in [0.29, 0.717) is 52.7 Å². The summed E-state index contributed by atoms with van der Waals surface area (Å²) in [7, 11) is 0. The molecule has 0 saturated heterocycles. The summed E-state index contributed by atoms with van der Waals surface area (Å²) in [6.07, 6.45) is 17.5. The van der Waals surface area contributed by atoms with E-state index in [1.54, 1.807) is 12.1 Å². The zero-order valence-corrected chi connectivity index (χ0v) is 58.2. The first kappa shape index (κ1) is 66.5. The molecule has 506 valence electrons. The third-order valence-electron chi connectivity index (χ3n) is 22.3. The summed E-state index contributed by atoms with van der Waals surface area (Å²) < 4.78 is 7.08. The molecule has 14 rings (SSSR count). The molecule has 0 bridgehead atoms. The van der Waals surface area contributed by atoms with Crippen LogP contribution in [0.25, 0.3) is 65.4 Å². The lowest BCUT2D eigenvalue weighted by Crippen LogP contribution is -2.16. The minimum Gasteiger partial charge on any atom is -0.341 e. The van der Waals surface area contributed by atoms with Crippen molar-refractivity contribution in [3.05, 3.63) is 214 Å². The average Bonchev–Trinajstić information content (AvgIpc) is 1.62. The zero-order valence-electron chi connectivity index (χ0n) is 58.2. The van der Waals surface area contributed by atoms with E-state index in [1.165, 1.54) is 82.5 Å². The van der Waals surface area contributed by atoms with E-state index >= 15 is 0 Å². The lowest BCUT2D eigenvalue weighted by Gasteiger charge is -2.29. The van der Waals surface area contributed by atoms with Crippen molar-refractivity contribution in [1.82, 2.24) is 13.7 Å². The van der Waals surface area contributed by atoms with Gasteiger partial charge in [0, 0.05) is 127 Å². The summed E-state index contributed by atoms with van der Waals surface area (Å²) >= 11 is 0. The van der Waals surface area contributed by atoms with Crippen molar-refractivity contribution in [2.24, 2.45) is 33.2 Å². The predicted molar refractivity (Wildman–Crippen MR) is 399 cm³/mol. The molecule has 0 atom stereocenters. The maximum absolute atomic E-state index is 14.6. The number of carbonyl (C=O) groups excluding carboxylic acids is 4. The van der Waals surface area contributed by atoms with Gasteiger partial charge >= 0.3 is 17.9 Å². The Labute approximate surface area is 579 Å². The van der Waals surface area contributed by atoms with Gasteiger partial charge in [-0.25, -0.2) is 14.4 Å². The van der Waals surface area contributed by atoms with Crippen LogP contribution < -0.4 is 0 Å². The molecule has 99 heavy (non-hydrogen) atoms. The molecule has 3 aliphatic carbocycles. The molecule has 0 aliphatic heterocycles. The third kappa shape index (κ3) is 13.9. The van der Waals surface area contributed by atoms with Crippen LogP contribution in [-0.2, 0) is 43.7 Å². The van der Waals surface area contributed by atoms with Crippen LogP contribution in [0.2, 0.25) is 0 Å². The Bertz CT molecular complexity index is 4980. The second-order valence-electron chi connectivity index (χ2n) is 28.2. The second-order valence-corrected chi connectivity index (χ2v) is 28.2. The number of carbonyl (C=O) groups is 4. The number of aromatic nitrogens is 3. The Morgan fingerprint density at radius 1 is 0.384 bits per heavy atom. The van der Waals surface area contributed by atoms with Gasteiger partial charge in [-0.3, -0.25) is 4.79 Å². The van der Waals surface area contributed by atoms with Crippen LogP contribution in [0.15, 0.2) is 179 Å². The molecule has 3 fully saturated rings. The van der Waals surface area contributed by atoms with Crippen LogP contribution in [0.5, 0.6) is 0 Å². The number of fused-ring (bicyclic) bond motifs is 9. The van der Waals surface area contributed by atoms with Crippen LogP contribution in [-0.4, -0.2) is 54.5 Å².